The van der Waals surface area contributed by atoms with Crippen LogP contribution in [0, 0.1) is 12.7 Å². The Bertz CT molecular complexity index is 567. The van der Waals surface area contributed by atoms with Crippen molar-refractivity contribution in [3.05, 3.63) is 41.5 Å². The molecule has 2 rings (SSSR count). The number of rotatable bonds is 3. The molecule has 0 bridgehead atoms. The number of benzene rings is 1. The van der Waals surface area contributed by atoms with Gasteiger partial charge in [-0.2, -0.15) is 0 Å². The highest BCUT2D eigenvalue weighted by molar-refractivity contribution is 5.65. The maximum atomic E-state index is 13.3. The van der Waals surface area contributed by atoms with Crippen LogP contribution in [0.2, 0.25) is 0 Å². The first-order chi connectivity index (χ1) is 8.60. The molecule has 2 N–H and O–H groups in total. The van der Waals surface area contributed by atoms with Crippen molar-refractivity contribution in [2.24, 2.45) is 0 Å². The van der Waals surface area contributed by atoms with Gasteiger partial charge in [-0.15, -0.1) is 0 Å². The molecule has 0 aliphatic rings. The first-order valence-corrected chi connectivity index (χ1v) is 6.00. The van der Waals surface area contributed by atoms with Gasteiger partial charge in [0.05, 0.1) is 5.69 Å². The Kier molecular flexibility index (Phi) is 3.55. The van der Waals surface area contributed by atoms with E-state index in [9.17, 15) is 4.39 Å². The minimum Gasteiger partial charge on any atom is -0.384 e. The third-order valence-corrected chi connectivity index (χ3v) is 2.74. The second kappa shape index (κ2) is 5.12. The lowest BCUT2D eigenvalue weighted by atomic mass is 10.1. The number of halogens is 1. The van der Waals surface area contributed by atoms with Gasteiger partial charge < -0.3 is 5.73 Å². The van der Waals surface area contributed by atoms with Crippen molar-refractivity contribution >= 4 is 5.82 Å². The number of hydrogen-bond acceptors (Lipinski definition) is 3. The lowest BCUT2D eigenvalue weighted by Crippen LogP contribution is -2.01. The van der Waals surface area contributed by atoms with Crippen LogP contribution in [0.3, 0.4) is 0 Å². The van der Waals surface area contributed by atoms with Gasteiger partial charge in [0.1, 0.15) is 17.5 Å². The monoisotopic (exact) mass is 245 g/mol. The number of anilines is 1. The van der Waals surface area contributed by atoms with Crippen LogP contribution < -0.4 is 5.73 Å². The molecule has 3 nitrogen and oxygen atoms in total. The van der Waals surface area contributed by atoms with Gasteiger partial charge in [-0.3, -0.25) is 0 Å². The fourth-order valence-electron chi connectivity index (χ4n) is 1.86. The van der Waals surface area contributed by atoms with Gasteiger partial charge in [-0.05, 0) is 31.0 Å². The minimum absolute atomic E-state index is 0.273. The number of hydrogen-bond donors (Lipinski definition) is 1. The van der Waals surface area contributed by atoms with E-state index in [1.54, 1.807) is 12.1 Å². The molecule has 0 fully saturated rings. The van der Waals surface area contributed by atoms with E-state index in [0.29, 0.717) is 17.3 Å². The largest absolute Gasteiger partial charge is 0.384 e. The van der Waals surface area contributed by atoms with E-state index in [-0.39, 0.29) is 5.82 Å². The van der Waals surface area contributed by atoms with Crippen molar-refractivity contribution in [3.8, 4) is 11.3 Å². The summed E-state index contributed by atoms with van der Waals surface area (Å²) < 4.78 is 13.3. The molecule has 1 aromatic heterocycles. The van der Waals surface area contributed by atoms with Crippen LogP contribution in [-0.4, -0.2) is 9.97 Å². The van der Waals surface area contributed by atoms with Crippen molar-refractivity contribution in [1.29, 1.82) is 0 Å². The molecule has 0 aliphatic carbocycles. The molecule has 0 unspecified atom stereocenters. The van der Waals surface area contributed by atoms with E-state index in [1.807, 2.05) is 6.92 Å². The molecule has 1 heterocycles. The van der Waals surface area contributed by atoms with Crippen molar-refractivity contribution in [1.82, 2.24) is 9.97 Å². The van der Waals surface area contributed by atoms with Crippen molar-refractivity contribution in [2.75, 3.05) is 5.73 Å². The van der Waals surface area contributed by atoms with Crippen molar-refractivity contribution in [2.45, 2.75) is 26.7 Å². The minimum atomic E-state index is -0.273. The fourth-order valence-corrected chi connectivity index (χ4v) is 1.86. The molecule has 18 heavy (non-hydrogen) atoms. The molecule has 0 amide bonds. The highest BCUT2D eigenvalue weighted by Crippen LogP contribution is 2.24. The Morgan fingerprint density at radius 3 is 2.72 bits per heavy atom. The lowest BCUT2D eigenvalue weighted by molar-refractivity contribution is 0.628. The molecule has 0 aliphatic heterocycles. The zero-order valence-electron chi connectivity index (χ0n) is 10.6. The topological polar surface area (TPSA) is 51.8 Å². The molecule has 0 atom stereocenters. The average molecular weight is 245 g/mol. The smallest absolute Gasteiger partial charge is 0.131 e. The predicted octanol–water partition coefficient (Wildman–Crippen LogP) is 3.13. The molecule has 1 aromatic carbocycles. The Balaban J connectivity index is 2.52. The molecule has 94 valence electrons. The Labute approximate surface area is 106 Å². The molecule has 4 heteroatoms. The zero-order valence-corrected chi connectivity index (χ0v) is 10.6. The van der Waals surface area contributed by atoms with E-state index in [4.69, 9.17) is 5.73 Å². The summed E-state index contributed by atoms with van der Waals surface area (Å²) in [7, 11) is 0. The highest BCUT2D eigenvalue weighted by atomic mass is 19.1. The van der Waals surface area contributed by atoms with Crippen LogP contribution in [0.1, 0.15) is 24.7 Å². The van der Waals surface area contributed by atoms with E-state index in [0.717, 1.165) is 24.0 Å². The summed E-state index contributed by atoms with van der Waals surface area (Å²) in [6.07, 6.45) is 1.72. The van der Waals surface area contributed by atoms with Gasteiger partial charge in [0, 0.05) is 18.1 Å². The summed E-state index contributed by atoms with van der Waals surface area (Å²) in [4.78, 5) is 8.61. The summed E-state index contributed by atoms with van der Waals surface area (Å²) in [5.74, 6) is 0.855. The maximum Gasteiger partial charge on any atom is 0.131 e. The fraction of sp³-hybridized carbons (Fsp3) is 0.286. The van der Waals surface area contributed by atoms with Crippen LogP contribution in [0.25, 0.3) is 11.3 Å². The van der Waals surface area contributed by atoms with Crippen LogP contribution in [0.4, 0.5) is 10.2 Å². The number of nitrogens with zero attached hydrogens (tertiary/aromatic N) is 2. The van der Waals surface area contributed by atoms with Crippen LogP contribution in [0.15, 0.2) is 24.3 Å². The second-order valence-electron chi connectivity index (χ2n) is 4.30. The van der Waals surface area contributed by atoms with E-state index >= 15 is 0 Å². The van der Waals surface area contributed by atoms with E-state index < -0.39 is 0 Å². The average Bonchev–Trinajstić information content (AvgIpc) is 2.32. The van der Waals surface area contributed by atoms with Crippen molar-refractivity contribution in [3.63, 3.8) is 0 Å². The second-order valence-corrected chi connectivity index (χ2v) is 4.30. The first-order valence-electron chi connectivity index (χ1n) is 6.00. The molecular formula is C14H16FN3. The predicted molar refractivity (Wildman–Crippen MR) is 70.6 cm³/mol. The van der Waals surface area contributed by atoms with Gasteiger partial charge in [0.2, 0.25) is 0 Å². The summed E-state index contributed by atoms with van der Waals surface area (Å²) in [5.41, 5.74) is 8.19. The summed E-state index contributed by atoms with van der Waals surface area (Å²) in [6, 6.07) is 6.34. The molecule has 0 saturated heterocycles. The molecule has 0 radical (unpaired) electrons. The standard InChI is InChI=1S/C14H16FN3/c1-3-4-14-17-12(8-13(16)18-14)11-7-10(15)6-5-9(11)2/h5-8H,3-4H2,1-2H3,(H2,16,17,18). The van der Waals surface area contributed by atoms with E-state index in [1.165, 1.54) is 12.1 Å². The maximum absolute atomic E-state index is 13.3. The summed E-state index contributed by atoms with van der Waals surface area (Å²) in [6.45, 7) is 3.98. The van der Waals surface area contributed by atoms with Crippen LogP contribution in [-0.2, 0) is 6.42 Å². The number of aryl methyl sites for hydroxylation is 2. The third kappa shape index (κ3) is 2.64. The Hall–Kier alpha value is -1.97. The van der Waals surface area contributed by atoms with Gasteiger partial charge in [0.15, 0.2) is 0 Å². The Morgan fingerprint density at radius 1 is 1.22 bits per heavy atom. The SMILES string of the molecule is CCCc1nc(N)cc(-c2cc(F)ccc2C)n1. The van der Waals surface area contributed by atoms with Gasteiger partial charge >= 0.3 is 0 Å². The Morgan fingerprint density at radius 2 is 2.00 bits per heavy atom. The summed E-state index contributed by atoms with van der Waals surface area (Å²) in [5, 5.41) is 0. The van der Waals surface area contributed by atoms with Gasteiger partial charge in [-0.1, -0.05) is 13.0 Å². The quantitative estimate of drug-likeness (QED) is 0.903. The third-order valence-electron chi connectivity index (χ3n) is 2.74. The lowest BCUT2D eigenvalue weighted by Gasteiger charge is -2.08. The summed E-state index contributed by atoms with van der Waals surface area (Å²) >= 11 is 0. The number of nitrogens with two attached hydrogens (primary N) is 1. The zero-order chi connectivity index (χ0) is 13.1. The molecular weight excluding hydrogens is 229 g/mol. The molecule has 0 spiro atoms. The van der Waals surface area contributed by atoms with Crippen molar-refractivity contribution < 1.29 is 4.39 Å². The van der Waals surface area contributed by atoms with Gasteiger partial charge in [0.25, 0.3) is 0 Å². The molecule has 2 aromatic rings. The molecule has 0 saturated carbocycles. The van der Waals surface area contributed by atoms with Gasteiger partial charge in [-0.25, -0.2) is 14.4 Å². The normalized spacial score (nSPS) is 10.6. The van der Waals surface area contributed by atoms with Crippen LogP contribution in [0.5, 0.6) is 0 Å². The highest BCUT2D eigenvalue weighted by Gasteiger charge is 2.08. The number of aromatic nitrogens is 2. The van der Waals surface area contributed by atoms with Crippen LogP contribution >= 0.6 is 0 Å². The first kappa shape index (κ1) is 12.5. The number of nitrogen functional groups attached to an aromatic ring is 1. The van der Waals surface area contributed by atoms with E-state index in [2.05, 4.69) is 16.9 Å².